The highest BCUT2D eigenvalue weighted by atomic mass is 32.2. The summed E-state index contributed by atoms with van der Waals surface area (Å²) in [5, 5.41) is 0. The van der Waals surface area contributed by atoms with Crippen LogP contribution in [0.4, 0.5) is 0 Å². The summed E-state index contributed by atoms with van der Waals surface area (Å²) in [6.07, 6.45) is 5.36. The molecule has 0 saturated carbocycles. The normalized spacial score (nSPS) is 21.5. The highest BCUT2D eigenvalue weighted by Crippen LogP contribution is 2.31. The molecule has 0 aromatic heterocycles. The lowest BCUT2D eigenvalue weighted by Gasteiger charge is -2.39. The van der Waals surface area contributed by atoms with Crippen LogP contribution in [0.3, 0.4) is 0 Å². The Morgan fingerprint density at radius 2 is 2.12 bits per heavy atom. The number of rotatable bonds is 7. The van der Waals surface area contributed by atoms with Gasteiger partial charge < -0.3 is 4.74 Å². The van der Waals surface area contributed by atoms with Gasteiger partial charge in [0.15, 0.2) is 0 Å². The van der Waals surface area contributed by atoms with Crippen molar-refractivity contribution in [2.45, 2.75) is 38.0 Å². The zero-order valence-electron chi connectivity index (χ0n) is 16.0. The van der Waals surface area contributed by atoms with E-state index in [2.05, 4.69) is 37.0 Å². The molecule has 0 bridgehead atoms. The van der Waals surface area contributed by atoms with Crippen molar-refractivity contribution in [2.24, 2.45) is 11.8 Å². The summed E-state index contributed by atoms with van der Waals surface area (Å²) in [7, 11) is 0.571. The fraction of sp³-hybridized carbons (Fsp3) is 0.571. The Bertz CT molecular complexity index is 722. The number of esters is 1. The molecular weight excluding hydrogens is 346 g/mol. The van der Waals surface area contributed by atoms with Crippen LogP contribution < -0.4 is 0 Å². The molecule has 142 valence electrons. The van der Waals surface area contributed by atoms with E-state index >= 15 is 0 Å². The van der Waals surface area contributed by atoms with Crippen molar-refractivity contribution in [3.05, 3.63) is 34.9 Å². The molecule has 2 aliphatic rings. The van der Waals surface area contributed by atoms with Crippen LogP contribution in [0.15, 0.2) is 28.7 Å². The third-order valence-corrected chi connectivity index (χ3v) is 6.90. The number of hydrogen-bond acceptors (Lipinski definition) is 4. The maximum Gasteiger partial charge on any atom is 0.311 e. The Kier molecular flexibility index (Phi) is 6.30. The van der Waals surface area contributed by atoms with E-state index in [1.54, 1.807) is 0 Å². The lowest BCUT2D eigenvalue weighted by molar-refractivity contribution is -0.151. The van der Waals surface area contributed by atoms with Crippen LogP contribution in [0.1, 0.15) is 37.8 Å². The summed E-state index contributed by atoms with van der Waals surface area (Å²) in [5.74, 6) is 1.16. The number of benzene rings is 1. The molecule has 1 fully saturated rings. The average Bonchev–Trinajstić information content (AvgIpc) is 2.61. The van der Waals surface area contributed by atoms with E-state index < -0.39 is 10.8 Å². The predicted molar refractivity (Wildman–Crippen MR) is 105 cm³/mol. The molecule has 0 N–H and O–H groups in total. The van der Waals surface area contributed by atoms with Gasteiger partial charge in [-0.2, -0.15) is 0 Å². The maximum absolute atomic E-state index is 12.4. The van der Waals surface area contributed by atoms with Gasteiger partial charge in [-0.3, -0.25) is 13.9 Å². The lowest BCUT2D eigenvalue weighted by atomic mass is 9.83. The molecule has 4 nitrogen and oxygen atoms in total. The summed E-state index contributed by atoms with van der Waals surface area (Å²) in [6.45, 7) is 6.88. The molecule has 1 aliphatic carbocycles. The van der Waals surface area contributed by atoms with Gasteiger partial charge in [0.2, 0.25) is 0 Å². The van der Waals surface area contributed by atoms with E-state index in [-0.39, 0.29) is 11.9 Å². The van der Waals surface area contributed by atoms with Gasteiger partial charge in [0.25, 0.3) is 0 Å². The van der Waals surface area contributed by atoms with E-state index in [9.17, 15) is 9.00 Å². The second-order valence-electron chi connectivity index (χ2n) is 7.50. The highest BCUT2D eigenvalue weighted by Gasteiger charge is 2.34. The third kappa shape index (κ3) is 4.26. The molecule has 1 saturated heterocycles. The quantitative estimate of drug-likeness (QED) is 0.686. The molecule has 26 heavy (non-hydrogen) atoms. The van der Waals surface area contributed by atoms with Crippen molar-refractivity contribution in [3.8, 4) is 0 Å². The van der Waals surface area contributed by atoms with Gasteiger partial charge in [-0.05, 0) is 42.0 Å². The Hall–Kier alpha value is -1.46. The summed E-state index contributed by atoms with van der Waals surface area (Å²) in [6, 6.07) is 6.28. The first-order valence-electron chi connectivity index (χ1n) is 9.53. The summed E-state index contributed by atoms with van der Waals surface area (Å²) < 4.78 is 17.2. The Morgan fingerprint density at radius 3 is 2.81 bits per heavy atom. The molecule has 1 aliphatic heterocycles. The van der Waals surface area contributed by atoms with Crippen LogP contribution in [0.5, 0.6) is 0 Å². The first kappa shape index (κ1) is 19.3. The number of likely N-dealkylation sites (tertiary alicyclic amines) is 1. The minimum Gasteiger partial charge on any atom is -0.469 e. The molecule has 2 atom stereocenters. The Balaban J connectivity index is 1.65. The van der Waals surface area contributed by atoms with Crippen molar-refractivity contribution in [1.29, 1.82) is 0 Å². The minimum absolute atomic E-state index is 0.0347. The van der Waals surface area contributed by atoms with E-state index in [1.165, 1.54) is 23.8 Å². The fourth-order valence-corrected chi connectivity index (χ4v) is 4.99. The van der Waals surface area contributed by atoms with Gasteiger partial charge >= 0.3 is 5.97 Å². The van der Waals surface area contributed by atoms with Gasteiger partial charge in [-0.15, -0.1) is 0 Å². The topological polar surface area (TPSA) is 46.6 Å². The van der Waals surface area contributed by atoms with E-state index in [0.29, 0.717) is 5.92 Å². The standard InChI is InChI=1S/C21H29NO3S/c1-4-5-8-26(24)20-7-6-16-10-18(15(2)9-17(16)11-20)12-22-13-19(14-22)21(23)25-3/h6-7,10-11,15,19H,4-5,8-9,12-14H2,1-3H3/t15-,26?/m0/s1. The minimum atomic E-state index is -0.885. The van der Waals surface area contributed by atoms with E-state index in [0.717, 1.165) is 49.5 Å². The summed E-state index contributed by atoms with van der Waals surface area (Å²) >= 11 is 0. The number of fused-ring (bicyclic) bond motifs is 1. The SMILES string of the molecule is CCCCS(=O)c1ccc2c(c1)C[C@H](C)C(CN1CC(C(=O)OC)C1)=C2. The van der Waals surface area contributed by atoms with E-state index in [1.807, 2.05) is 6.07 Å². The van der Waals surface area contributed by atoms with Crippen molar-refractivity contribution < 1.29 is 13.7 Å². The maximum atomic E-state index is 12.4. The van der Waals surface area contributed by atoms with Gasteiger partial charge in [0.1, 0.15) is 0 Å². The first-order chi connectivity index (χ1) is 12.5. The van der Waals surface area contributed by atoms with Crippen molar-refractivity contribution in [3.63, 3.8) is 0 Å². The number of methoxy groups -OCH3 is 1. The molecule has 0 amide bonds. The van der Waals surface area contributed by atoms with Crippen molar-refractivity contribution in [2.75, 3.05) is 32.5 Å². The number of unbranched alkanes of at least 4 members (excludes halogenated alkanes) is 1. The summed E-state index contributed by atoms with van der Waals surface area (Å²) in [5.41, 5.74) is 3.97. The lowest BCUT2D eigenvalue weighted by Crippen LogP contribution is -2.51. The molecule has 0 radical (unpaired) electrons. The molecular formula is C21H29NO3S. The fourth-order valence-electron chi connectivity index (χ4n) is 3.71. The van der Waals surface area contributed by atoms with Crippen molar-refractivity contribution >= 4 is 22.8 Å². The largest absolute Gasteiger partial charge is 0.469 e. The van der Waals surface area contributed by atoms with Crippen LogP contribution >= 0.6 is 0 Å². The smallest absolute Gasteiger partial charge is 0.311 e. The predicted octanol–water partition coefficient (Wildman–Crippen LogP) is 3.27. The second kappa shape index (κ2) is 8.49. The van der Waals surface area contributed by atoms with Gasteiger partial charge in [0, 0.05) is 30.3 Å². The van der Waals surface area contributed by atoms with Crippen LogP contribution in [0.25, 0.3) is 6.08 Å². The first-order valence-corrected chi connectivity index (χ1v) is 10.9. The van der Waals surface area contributed by atoms with Crippen LogP contribution in [-0.2, 0) is 26.8 Å². The van der Waals surface area contributed by atoms with Crippen LogP contribution in [0.2, 0.25) is 0 Å². The Morgan fingerprint density at radius 1 is 1.35 bits per heavy atom. The number of carbonyl (C=O) groups excluding carboxylic acids is 1. The molecule has 3 rings (SSSR count). The zero-order chi connectivity index (χ0) is 18.7. The van der Waals surface area contributed by atoms with E-state index in [4.69, 9.17) is 4.74 Å². The monoisotopic (exact) mass is 375 g/mol. The molecule has 1 aromatic rings. The number of carbonyl (C=O) groups is 1. The Labute approximate surface area is 159 Å². The molecule has 0 spiro atoms. The van der Waals surface area contributed by atoms with Crippen molar-refractivity contribution in [1.82, 2.24) is 4.90 Å². The van der Waals surface area contributed by atoms with Crippen LogP contribution in [-0.4, -0.2) is 47.6 Å². The zero-order valence-corrected chi connectivity index (χ0v) is 16.8. The third-order valence-electron chi connectivity index (χ3n) is 5.46. The number of nitrogens with zero attached hydrogens (tertiary/aromatic N) is 1. The summed E-state index contributed by atoms with van der Waals surface area (Å²) in [4.78, 5) is 14.8. The molecule has 5 heteroatoms. The number of ether oxygens (including phenoxy) is 1. The molecule has 1 unspecified atom stereocenters. The second-order valence-corrected chi connectivity index (χ2v) is 9.07. The number of hydrogen-bond donors (Lipinski definition) is 0. The highest BCUT2D eigenvalue weighted by molar-refractivity contribution is 7.85. The molecule has 1 aromatic carbocycles. The van der Waals surface area contributed by atoms with Gasteiger partial charge in [-0.1, -0.05) is 38.0 Å². The average molecular weight is 376 g/mol. The van der Waals surface area contributed by atoms with Gasteiger partial charge in [0.05, 0.1) is 23.8 Å². The van der Waals surface area contributed by atoms with Crippen LogP contribution in [0, 0.1) is 11.8 Å². The molecule has 1 heterocycles. The van der Waals surface area contributed by atoms with Gasteiger partial charge in [-0.25, -0.2) is 0 Å².